The van der Waals surface area contributed by atoms with Gasteiger partial charge in [0.15, 0.2) is 0 Å². The average Bonchev–Trinajstić information content (AvgIpc) is 3.27. The van der Waals surface area contributed by atoms with Gasteiger partial charge in [-0.3, -0.25) is 33.6 Å². The number of carboxylic acid groups (broad SMARTS) is 2. The van der Waals surface area contributed by atoms with Crippen LogP contribution in [0.3, 0.4) is 0 Å². The molecule has 2 aromatic carbocycles. The highest BCUT2D eigenvalue weighted by molar-refractivity contribution is 5.97. The first-order valence-electron chi connectivity index (χ1n) is 22.1. The van der Waals surface area contributed by atoms with Gasteiger partial charge in [-0.25, -0.2) is 4.79 Å². The minimum absolute atomic E-state index is 0.0233. The zero-order valence-corrected chi connectivity index (χ0v) is 37.9. The molecular formula is C46H70N8O10. The molecule has 0 aliphatic heterocycles. The second-order valence-corrected chi connectivity index (χ2v) is 16.7. The predicted molar refractivity (Wildman–Crippen MR) is 241 cm³/mol. The van der Waals surface area contributed by atoms with Crippen molar-refractivity contribution in [1.29, 1.82) is 0 Å². The lowest BCUT2D eigenvalue weighted by Gasteiger charge is -2.31. The Kier molecular flexibility index (Phi) is 23.8. The number of rotatable bonds is 29. The summed E-state index contributed by atoms with van der Waals surface area (Å²) in [5.74, 6) is -8.05. The minimum atomic E-state index is -1.23. The van der Waals surface area contributed by atoms with Gasteiger partial charge in [-0.15, -0.1) is 0 Å². The lowest BCUT2D eigenvalue weighted by molar-refractivity contribution is -0.142. The number of amides is 6. The summed E-state index contributed by atoms with van der Waals surface area (Å²) in [5, 5.41) is 35.1. The van der Waals surface area contributed by atoms with Crippen molar-refractivity contribution in [2.45, 2.75) is 142 Å². The van der Waals surface area contributed by atoms with Gasteiger partial charge in [0.1, 0.15) is 36.3 Å². The van der Waals surface area contributed by atoms with Crippen molar-refractivity contribution in [3.8, 4) is 0 Å². The number of nitrogens with two attached hydrogens (primary N) is 2. The Morgan fingerprint density at radius 3 is 1.38 bits per heavy atom. The molecule has 6 amide bonds. The van der Waals surface area contributed by atoms with Gasteiger partial charge in [-0.2, -0.15) is 0 Å². The van der Waals surface area contributed by atoms with Crippen LogP contribution in [-0.2, 0) is 51.2 Å². The topological polar surface area (TPSA) is 301 Å². The van der Waals surface area contributed by atoms with Crippen LogP contribution in [0, 0.1) is 17.8 Å². The van der Waals surface area contributed by atoms with E-state index in [-0.39, 0.29) is 32.1 Å². The van der Waals surface area contributed by atoms with E-state index in [9.17, 15) is 43.5 Å². The molecule has 0 spiro atoms. The monoisotopic (exact) mass is 895 g/mol. The fourth-order valence-electron chi connectivity index (χ4n) is 6.77. The first-order valence-corrected chi connectivity index (χ1v) is 22.1. The molecule has 0 unspecified atom stereocenters. The summed E-state index contributed by atoms with van der Waals surface area (Å²) in [7, 11) is 0. The molecule has 18 heteroatoms. The fraction of sp³-hybridized carbons (Fsp3) is 0.565. The first-order chi connectivity index (χ1) is 30.3. The molecule has 2 aromatic rings. The molecule has 0 aliphatic rings. The molecule has 12 N–H and O–H groups in total. The highest BCUT2D eigenvalue weighted by atomic mass is 16.4. The van der Waals surface area contributed by atoms with Crippen LogP contribution in [0.4, 0.5) is 0 Å². The Bertz CT molecular complexity index is 1830. The quantitative estimate of drug-likeness (QED) is 0.0521. The molecule has 9 atom stereocenters. The van der Waals surface area contributed by atoms with Crippen molar-refractivity contribution >= 4 is 47.4 Å². The highest BCUT2D eigenvalue weighted by Crippen LogP contribution is 2.15. The van der Waals surface area contributed by atoms with E-state index in [0.717, 1.165) is 0 Å². The van der Waals surface area contributed by atoms with Crippen LogP contribution in [0.2, 0.25) is 0 Å². The Hall–Kier alpha value is -5.88. The number of hydrogen-bond acceptors (Lipinski definition) is 10. The van der Waals surface area contributed by atoms with E-state index in [0.29, 0.717) is 43.4 Å². The van der Waals surface area contributed by atoms with Crippen LogP contribution in [0.1, 0.15) is 97.6 Å². The Labute approximate surface area is 376 Å². The van der Waals surface area contributed by atoms with Gasteiger partial charge in [0.2, 0.25) is 35.4 Å². The molecule has 0 radical (unpaired) electrons. The fourth-order valence-corrected chi connectivity index (χ4v) is 6.77. The van der Waals surface area contributed by atoms with Gasteiger partial charge in [0.05, 0.1) is 6.04 Å². The van der Waals surface area contributed by atoms with E-state index >= 15 is 0 Å². The molecule has 64 heavy (non-hydrogen) atoms. The van der Waals surface area contributed by atoms with E-state index in [1.165, 1.54) is 0 Å². The van der Waals surface area contributed by atoms with E-state index in [4.69, 9.17) is 16.6 Å². The van der Waals surface area contributed by atoms with Crippen LogP contribution in [-0.4, -0.2) is 106 Å². The predicted octanol–water partition coefficient (Wildman–Crippen LogP) is 1.53. The average molecular weight is 895 g/mol. The summed E-state index contributed by atoms with van der Waals surface area (Å²) in [6.45, 7) is 10.9. The molecule has 354 valence electrons. The molecule has 18 nitrogen and oxygen atoms in total. The molecule has 2 rings (SSSR count). The molecule has 0 heterocycles. The molecule has 0 saturated carbocycles. The summed E-state index contributed by atoms with van der Waals surface area (Å²) in [6, 6.07) is 9.26. The third-order valence-corrected chi connectivity index (χ3v) is 11.2. The van der Waals surface area contributed by atoms with Gasteiger partial charge < -0.3 is 53.6 Å². The normalized spacial score (nSPS) is 15.4. The molecule has 0 saturated heterocycles. The first kappa shape index (κ1) is 54.3. The maximum Gasteiger partial charge on any atom is 0.326 e. The Morgan fingerprint density at radius 1 is 0.531 bits per heavy atom. The second kappa shape index (κ2) is 28.0. The maximum atomic E-state index is 14.1. The van der Waals surface area contributed by atoms with Crippen molar-refractivity contribution < 1.29 is 48.6 Å². The van der Waals surface area contributed by atoms with Gasteiger partial charge in [0.25, 0.3) is 0 Å². The number of aliphatic carboxylic acids is 2. The Morgan fingerprint density at radius 2 is 0.938 bits per heavy atom. The van der Waals surface area contributed by atoms with E-state index < -0.39 is 107 Å². The smallest absolute Gasteiger partial charge is 0.326 e. The summed E-state index contributed by atoms with van der Waals surface area (Å²) < 4.78 is 0. The maximum absolute atomic E-state index is 14.1. The van der Waals surface area contributed by atoms with Gasteiger partial charge in [0, 0.05) is 19.3 Å². The molecular weight excluding hydrogens is 825 g/mol. The SMILES string of the molecule is CC[C@H](C)[C@H](NC(=O)[C@H](Cc1ccccc1)NC(=O)[C@@H](N)CCC(=O)O)C(=O)N[C@H](C(=O)N[C@H](C(=O)N[C@@H](Cc1ccccc1)C(=O)N[C@@H](CCCCN)C(=O)O)[C@@H](C)CC)C(C)C. The lowest BCUT2D eigenvalue weighted by atomic mass is 9.94. The Balaban J connectivity index is 2.36. The van der Waals surface area contributed by atoms with Crippen molar-refractivity contribution in [2.24, 2.45) is 29.2 Å². The number of carbonyl (C=O) groups is 8. The summed E-state index contributed by atoms with van der Waals surface area (Å²) in [4.78, 5) is 106. The highest BCUT2D eigenvalue weighted by Gasteiger charge is 2.37. The van der Waals surface area contributed by atoms with Crippen molar-refractivity contribution in [3.05, 3.63) is 71.8 Å². The van der Waals surface area contributed by atoms with Crippen LogP contribution in [0.25, 0.3) is 0 Å². The number of benzene rings is 2. The van der Waals surface area contributed by atoms with E-state index in [2.05, 4.69) is 31.9 Å². The zero-order chi connectivity index (χ0) is 47.9. The van der Waals surface area contributed by atoms with Gasteiger partial charge >= 0.3 is 11.9 Å². The van der Waals surface area contributed by atoms with Gasteiger partial charge in [-0.05, 0) is 61.1 Å². The third-order valence-electron chi connectivity index (χ3n) is 11.2. The van der Waals surface area contributed by atoms with Crippen LogP contribution < -0.4 is 43.4 Å². The van der Waals surface area contributed by atoms with Gasteiger partial charge in [-0.1, -0.05) is 115 Å². The molecule has 0 aromatic heterocycles. The number of unbranched alkanes of at least 4 members (excludes halogenated alkanes) is 1. The second-order valence-electron chi connectivity index (χ2n) is 16.7. The minimum Gasteiger partial charge on any atom is -0.481 e. The number of nitrogens with one attached hydrogen (secondary N) is 6. The summed E-state index contributed by atoms with van der Waals surface area (Å²) >= 11 is 0. The standard InChI is InChI=1S/C46H70N8O10/c1-7-28(5)38(44(61)51-34(25-30-17-11-9-12-18-30)41(58)49-33(46(63)64)21-15-16-24-47)54-43(60)37(27(3)4)52-45(62)39(29(6)8-2)53-42(59)35(26-31-19-13-10-14-20-31)50-40(57)32(48)22-23-36(55)56/h9-14,17-20,27-29,32-35,37-39H,7-8,15-16,21-26,47-48H2,1-6H3,(H,49,58)(H,50,57)(H,51,61)(H,52,62)(H,53,59)(H,54,60)(H,55,56)(H,63,64)/t28-,29-,32-,33-,34-,35-,37-,38-,39-/m0/s1. The largest absolute Gasteiger partial charge is 0.481 e. The van der Waals surface area contributed by atoms with Crippen molar-refractivity contribution in [1.82, 2.24) is 31.9 Å². The van der Waals surface area contributed by atoms with Crippen LogP contribution >= 0.6 is 0 Å². The lowest BCUT2D eigenvalue weighted by Crippen LogP contribution is -2.62. The summed E-state index contributed by atoms with van der Waals surface area (Å²) in [5.41, 5.74) is 12.9. The number of carboxylic acids is 2. The third kappa shape index (κ3) is 18.5. The number of carbonyl (C=O) groups excluding carboxylic acids is 6. The van der Waals surface area contributed by atoms with E-state index in [1.807, 2.05) is 13.8 Å². The molecule has 0 fully saturated rings. The van der Waals surface area contributed by atoms with Crippen molar-refractivity contribution in [3.63, 3.8) is 0 Å². The summed E-state index contributed by atoms with van der Waals surface area (Å²) in [6.07, 6.45) is 1.55. The van der Waals surface area contributed by atoms with Crippen LogP contribution in [0.15, 0.2) is 60.7 Å². The molecule has 0 aliphatic carbocycles. The zero-order valence-electron chi connectivity index (χ0n) is 37.9. The van der Waals surface area contributed by atoms with Crippen molar-refractivity contribution in [2.75, 3.05) is 6.54 Å². The van der Waals surface area contributed by atoms with E-state index in [1.54, 1.807) is 88.4 Å². The number of hydrogen-bond donors (Lipinski definition) is 10. The van der Waals surface area contributed by atoms with Crippen LogP contribution in [0.5, 0.6) is 0 Å². The molecule has 0 bridgehead atoms.